The third-order valence-corrected chi connectivity index (χ3v) is 5.26. The van der Waals surface area contributed by atoms with Gasteiger partial charge in [0.1, 0.15) is 12.1 Å². The number of carbonyl (C=O) groups is 3. The fourth-order valence-corrected chi connectivity index (χ4v) is 3.80. The van der Waals surface area contributed by atoms with E-state index in [0.717, 1.165) is 25.0 Å². The van der Waals surface area contributed by atoms with E-state index in [4.69, 9.17) is 5.11 Å². The Morgan fingerprint density at radius 3 is 2.58 bits per heavy atom. The summed E-state index contributed by atoms with van der Waals surface area (Å²) in [5.74, 6) is -1.06. The summed E-state index contributed by atoms with van der Waals surface area (Å²) >= 11 is 1.56. The lowest BCUT2D eigenvalue weighted by Gasteiger charge is -2.27. The van der Waals surface area contributed by atoms with E-state index in [9.17, 15) is 19.5 Å². The minimum absolute atomic E-state index is 0.345. The molecule has 0 aromatic heterocycles. The number of carboxylic acid groups (broad SMARTS) is 2. The second-order valence-electron chi connectivity index (χ2n) is 6.09. The highest BCUT2D eigenvalue weighted by atomic mass is 32.2. The Labute approximate surface area is 147 Å². The van der Waals surface area contributed by atoms with Crippen LogP contribution < -0.4 is 5.32 Å². The van der Waals surface area contributed by atoms with Crippen molar-refractivity contribution in [3.8, 4) is 0 Å². The van der Waals surface area contributed by atoms with E-state index in [0.29, 0.717) is 25.1 Å². The molecule has 3 N–H and O–H groups in total. The van der Waals surface area contributed by atoms with E-state index < -0.39 is 30.1 Å². The van der Waals surface area contributed by atoms with Crippen LogP contribution >= 0.6 is 11.8 Å². The summed E-state index contributed by atoms with van der Waals surface area (Å²) < 4.78 is 0. The number of nitrogens with one attached hydrogen (secondary N) is 1. The Balaban J connectivity index is 2.51. The molecule has 0 spiro atoms. The molecule has 1 saturated heterocycles. The smallest absolute Gasteiger partial charge is 0.326 e. The van der Waals surface area contributed by atoms with Crippen LogP contribution in [0.3, 0.4) is 0 Å². The van der Waals surface area contributed by atoms with Gasteiger partial charge < -0.3 is 15.1 Å². The lowest BCUT2D eigenvalue weighted by molar-refractivity contribution is -0.149. The van der Waals surface area contributed by atoms with Crippen molar-refractivity contribution in [1.82, 2.24) is 10.2 Å². The van der Waals surface area contributed by atoms with Gasteiger partial charge >= 0.3 is 11.9 Å². The first-order chi connectivity index (χ1) is 11.4. The van der Waals surface area contributed by atoms with Crippen molar-refractivity contribution in [1.29, 1.82) is 0 Å². The molecule has 0 aliphatic carbocycles. The van der Waals surface area contributed by atoms with Crippen molar-refractivity contribution >= 4 is 29.6 Å². The third-order valence-electron chi connectivity index (χ3n) is 4.12. The zero-order valence-corrected chi connectivity index (χ0v) is 15.2. The molecule has 24 heavy (non-hydrogen) atoms. The molecule has 1 heterocycles. The molecule has 1 aliphatic heterocycles. The van der Waals surface area contributed by atoms with Crippen molar-refractivity contribution in [2.75, 3.05) is 18.1 Å². The molecular weight excluding hydrogens is 332 g/mol. The fourth-order valence-electron chi connectivity index (χ4n) is 2.76. The maximum atomic E-state index is 12.4. The number of unbranched alkanes of at least 4 members (excludes halogenated alkanes) is 2. The van der Waals surface area contributed by atoms with E-state index in [1.165, 1.54) is 4.90 Å². The predicted molar refractivity (Wildman–Crippen MR) is 93.2 cm³/mol. The van der Waals surface area contributed by atoms with Crippen LogP contribution in [0.4, 0.5) is 0 Å². The summed E-state index contributed by atoms with van der Waals surface area (Å²) in [5.41, 5.74) is 0. The zero-order chi connectivity index (χ0) is 18.1. The van der Waals surface area contributed by atoms with E-state index in [-0.39, 0.29) is 5.91 Å². The maximum Gasteiger partial charge on any atom is 0.326 e. The Morgan fingerprint density at radius 2 is 2.00 bits per heavy atom. The molecule has 3 atom stereocenters. The molecule has 1 aliphatic rings. The zero-order valence-electron chi connectivity index (χ0n) is 14.4. The normalized spacial score (nSPS) is 19.9. The minimum Gasteiger partial charge on any atom is -0.480 e. The number of carboxylic acids is 2. The highest BCUT2D eigenvalue weighted by Crippen LogP contribution is 2.18. The summed E-state index contributed by atoms with van der Waals surface area (Å²) in [6.07, 6.45) is 4.40. The van der Waals surface area contributed by atoms with Crippen molar-refractivity contribution in [2.45, 2.75) is 64.1 Å². The number of thioether (sulfide) groups is 1. The number of carbonyl (C=O) groups excluding carboxylic acids is 1. The SMILES string of the molecule is CCCCCSC[C@H](NC(C)C(=O)N1CCC[C@H]1C(=O)O)C(=O)O. The summed E-state index contributed by atoms with van der Waals surface area (Å²) in [6, 6.07) is -2.34. The van der Waals surface area contributed by atoms with E-state index in [2.05, 4.69) is 12.2 Å². The molecule has 1 rings (SSSR count). The van der Waals surface area contributed by atoms with Gasteiger partial charge in [0.2, 0.25) is 5.91 Å². The Morgan fingerprint density at radius 1 is 1.29 bits per heavy atom. The molecule has 0 radical (unpaired) electrons. The predicted octanol–water partition coefficient (Wildman–Crippen LogP) is 1.42. The summed E-state index contributed by atoms with van der Waals surface area (Å²) in [6.45, 7) is 4.12. The second-order valence-corrected chi connectivity index (χ2v) is 7.24. The number of nitrogens with zero attached hydrogens (tertiary/aromatic N) is 1. The van der Waals surface area contributed by atoms with Crippen LogP contribution in [-0.2, 0) is 14.4 Å². The number of likely N-dealkylation sites (tertiary alicyclic amines) is 1. The van der Waals surface area contributed by atoms with Gasteiger partial charge in [0, 0.05) is 12.3 Å². The van der Waals surface area contributed by atoms with Crippen LogP contribution in [0.5, 0.6) is 0 Å². The van der Waals surface area contributed by atoms with Crippen LogP contribution in [0.15, 0.2) is 0 Å². The van der Waals surface area contributed by atoms with Crippen molar-refractivity contribution in [3.05, 3.63) is 0 Å². The van der Waals surface area contributed by atoms with Crippen LogP contribution in [0.1, 0.15) is 46.0 Å². The van der Waals surface area contributed by atoms with Gasteiger partial charge in [-0.25, -0.2) is 4.79 Å². The van der Waals surface area contributed by atoms with Crippen molar-refractivity contribution in [3.63, 3.8) is 0 Å². The molecule has 0 bridgehead atoms. The molecule has 1 fully saturated rings. The van der Waals surface area contributed by atoms with Crippen LogP contribution in [0, 0.1) is 0 Å². The molecule has 1 amide bonds. The number of amides is 1. The molecule has 138 valence electrons. The van der Waals surface area contributed by atoms with Gasteiger partial charge in [-0.1, -0.05) is 19.8 Å². The molecule has 7 nitrogen and oxygen atoms in total. The molecule has 1 unspecified atom stereocenters. The Kier molecular flexibility index (Phi) is 9.13. The average molecular weight is 360 g/mol. The molecule has 0 saturated carbocycles. The Hall–Kier alpha value is -1.28. The fraction of sp³-hybridized carbons (Fsp3) is 0.812. The first-order valence-electron chi connectivity index (χ1n) is 8.48. The first-order valence-corrected chi connectivity index (χ1v) is 9.63. The summed E-state index contributed by atoms with van der Waals surface area (Å²) in [5, 5.41) is 21.3. The van der Waals surface area contributed by atoms with Crippen LogP contribution in [-0.4, -0.2) is 69.1 Å². The van der Waals surface area contributed by atoms with Gasteiger partial charge in [-0.3, -0.25) is 14.9 Å². The number of aliphatic carboxylic acids is 2. The van der Waals surface area contributed by atoms with Gasteiger partial charge in [-0.05, 0) is 31.9 Å². The number of hydrogen-bond acceptors (Lipinski definition) is 5. The average Bonchev–Trinajstić information content (AvgIpc) is 3.02. The molecule has 8 heteroatoms. The molecular formula is C16H28N2O5S. The third kappa shape index (κ3) is 6.32. The van der Waals surface area contributed by atoms with Gasteiger partial charge in [0.05, 0.1) is 6.04 Å². The largest absolute Gasteiger partial charge is 0.480 e. The highest BCUT2D eigenvalue weighted by Gasteiger charge is 2.36. The number of rotatable bonds is 11. The maximum absolute atomic E-state index is 12.4. The van der Waals surface area contributed by atoms with E-state index >= 15 is 0 Å². The van der Waals surface area contributed by atoms with Gasteiger partial charge in [0.25, 0.3) is 0 Å². The minimum atomic E-state index is -1.01. The lowest BCUT2D eigenvalue weighted by Crippen LogP contribution is -2.53. The van der Waals surface area contributed by atoms with E-state index in [1.54, 1.807) is 18.7 Å². The topological polar surface area (TPSA) is 107 Å². The van der Waals surface area contributed by atoms with Crippen LogP contribution in [0.25, 0.3) is 0 Å². The first kappa shape index (κ1) is 20.8. The van der Waals surface area contributed by atoms with Gasteiger partial charge in [-0.15, -0.1) is 0 Å². The summed E-state index contributed by atoms with van der Waals surface area (Å²) in [4.78, 5) is 36.3. The number of hydrogen-bond donors (Lipinski definition) is 3. The van der Waals surface area contributed by atoms with Gasteiger partial charge in [0.15, 0.2) is 0 Å². The Bertz CT molecular complexity index is 446. The molecule has 0 aromatic rings. The van der Waals surface area contributed by atoms with Gasteiger partial charge in [-0.2, -0.15) is 11.8 Å². The van der Waals surface area contributed by atoms with E-state index in [1.807, 2.05) is 0 Å². The van der Waals surface area contributed by atoms with Crippen LogP contribution in [0.2, 0.25) is 0 Å². The standard InChI is InChI=1S/C16H28N2O5S/c1-3-4-5-9-24-10-12(15(20)21)17-11(2)14(19)18-8-6-7-13(18)16(22)23/h11-13,17H,3-10H2,1-2H3,(H,20,21)(H,22,23)/t11?,12-,13-/m0/s1. The quantitative estimate of drug-likeness (QED) is 0.478. The highest BCUT2D eigenvalue weighted by molar-refractivity contribution is 7.99. The molecule has 0 aromatic carbocycles. The summed E-state index contributed by atoms with van der Waals surface area (Å²) in [7, 11) is 0. The monoisotopic (exact) mass is 360 g/mol. The lowest BCUT2D eigenvalue weighted by atomic mass is 10.2. The van der Waals surface area contributed by atoms with Crippen molar-refractivity contribution < 1.29 is 24.6 Å². The second kappa shape index (κ2) is 10.6. The van der Waals surface area contributed by atoms with Crippen molar-refractivity contribution in [2.24, 2.45) is 0 Å².